The third-order valence-electron chi connectivity index (χ3n) is 2.10. The van der Waals surface area contributed by atoms with Crippen LogP contribution in [0.25, 0.3) is 0 Å². The van der Waals surface area contributed by atoms with Crippen molar-refractivity contribution in [2.24, 2.45) is 5.84 Å². The van der Waals surface area contributed by atoms with E-state index in [9.17, 15) is 4.79 Å². The van der Waals surface area contributed by atoms with Gasteiger partial charge in [-0.1, -0.05) is 12.1 Å². The van der Waals surface area contributed by atoms with Crippen molar-refractivity contribution >= 4 is 5.97 Å². The van der Waals surface area contributed by atoms with Crippen molar-refractivity contribution in [3.05, 3.63) is 29.8 Å². The molecule has 0 fully saturated rings. The Labute approximate surface area is 87.8 Å². The molecule has 5 heteroatoms. The van der Waals surface area contributed by atoms with Gasteiger partial charge >= 0.3 is 5.97 Å². The second-order valence-electron chi connectivity index (χ2n) is 3.11. The number of carboxylic acids is 1. The standard InChI is InChI=1S/C10H14N2O3/c1-15-8-4-2-7(3-5-8)6-9(12-11)10(13)14/h2-5,9,12H,6,11H2,1H3,(H,13,14). The molecule has 0 radical (unpaired) electrons. The van der Waals surface area contributed by atoms with Gasteiger partial charge in [0.05, 0.1) is 7.11 Å². The van der Waals surface area contributed by atoms with Crippen LogP contribution in [0.5, 0.6) is 5.75 Å². The first-order chi connectivity index (χ1) is 7.17. The average molecular weight is 210 g/mol. The summed E-state index contributed by atoms with van der Waals surface area (Å²) in [5.41, 5.74) is 3.14. The van der Waals surface area contributed by atoms with E-state index in [4.69, 9.17) is 15.7 Å². The molecule has 0 heterocycles. The molecular weight excluding hydrogens is 196 g/mol. The van der Waals surface area contributed by atoms with Gasteiger partial charge in [-0.15, -0.1) is 0 Å². The van der Waals surface area contributed by atoms with Gasteiger partial charge in [-0.3, -0.25) is 10.6 Å². The third-order valence-corrected chi connectivity index (χ3v) is 2.10. The molecule has 0 aromatic heterocycles. The van der Waals surface area contributed by atoms with Gasteiger partial charge in [-0.2, -0.15) is 0 Å². The summed E-state index contributed by atoms with van der Waals surface area (Å²) in [5, 5.41) is 8.77. The quantitative estimate of drug-likeness (QED) is 0.476. The number of ether oxygens (including phenoxy) is 1. The van der Waals surface area contributed by atoms with E-state index in [-0.39, 0.29) is 0 Å². The summed E-state index contributed by atoms with van der Waals surface area (Å²) in [4.78, 5) is 10.7. The van der Waals surface area contributed by atoms with Crippen molar-refractivity contribution in [1.82, 2.24) is 5.43 Å². The molecule has 0 bridgehead atoms. The largest absolute Gasteiger partial charge is 0.497 e. The molecule has 1 rings (SSSR count). The maximum absolute atomic E-state index is 10.7. The molecule has 0 amide bonds. The number of benzene rings is 1. The maximum Gasteiger partial charge on any atom is 0.322 e. The minimum absolute atomic E-state index is 0.343. The van der Waals surface area contributed by atoms with Crippen LogP contribution >= 0.6 is 0 Å². The van der Waals surface area contributed by atoms with Crippen LogP contribution in [0.3, 0.4) is 0 Å². The number of carboxylic acid groups (broad SMARTS) is 1. The first-order valence-electron chi connectivity index (χ1n) is 4.49. The molecule has 0 spiro atoms. The van der Waals surface area contributed by atoms with E-state index in [1.807, 2.05) is 12.1 Å². The van der Waals surface area contributed by atoms with E-state index in [1.54, 1.807) is 19.2 Å². The zero-order chi connectivity index (χ0) is 11.3. The zero-order valence-corrected chi connectivity index (χ0v) is 8.43. The summed E-state index contributed by atoms with van der Waals surface area (Å²) >= 11 is 0. The van der Waals surface area contributed by atoms with Gasteiger partial charge in [0, 0.05) is 0 Å². The lowest BCUT2D eigenvalue weighted by atomic mass is 10.1. The Bertz CT molecular complexity index is 324. The smallest absolute Gasteiger partial charge is 0.322 e. The van der Waals surface area contributed by atoms with Crippen molar-refractivity contribution in [3.63, 3.8) is 0 Å². The summed E-state index contributed by atoms with van der Waals surface area (Å²) in [6, 6.07) is 6.42. The lowest BCUT2D eigenvalue weighted by molar-refractivity contribution is -0.139. The number of carbonyl (C=O) groups is 1. The summed E-state index contributed by atoms with van der Waals surface area (Å²) in [5.74, 6) is 4.90. The molecule has 1 aromatic rings. The Morgan fingerprint density at radius 2 is 2.13 bits per heavy atom. The predicted octanol–water partition coefficient (Wildman–Crippen LogP) is 0.154. The van der Waals surface area contributed by atoms with Gasteiger partial charge in [-0.25, -0.2) is 5.43 Å². The molecule has 0 aliphatic rings. The number of methoxy groups -OCH3 is 1. The molecule has 5 nitrogen and oxygen atoms in total. The monoisotopic (exact) mass is 210 g/mol. The summed E-state index contributed by atoms with van der Waals surface area (Å²) in [6.07, 6.45) is 0.343. The fraction of sp³-hybridized carbons (Fsp3) is 0.300. The number of aliphatic carboxylic acids is 1. The van der Waals surface area contributed by atoms with Gasteiger partial charge in [0.1, 0.15) is 11.8 Å². The highest BCUT2D eigenvalue weighted by atomic mass is 16.5. The van der Waals surface area contributed by atoms with E-state index in [2.05, 4.69) is 5.43 Å². The Morgan fingerprint density at radius 3 is 2.53 bits per heavy atom. The SMILES string of the molecule is COc1ccc(CC(NN)C(=O)O)cc1. The lowest BCUT2D eigenvalue weighted by Gasteiger charge is -2.10. The van der Waals surface area contributed by atoms with Gasteiger partial charge < -0.3 is 9.84 Å². The van der Waals surface area contributed by atoms with Gasteiger partial charge in [0.15, 0.2) is 0 Å². The molecule has 0 aliphatic heterocycles. The molecule has 0 saturated heterocycles. The highest BCUT2D eigenvalue weighted by Crippen LogP contribution is 2.12. The molecule has 1 unspecified atom stereocenters. The summed E-state index contributed by atoms with van der Waals surface area (Å²) < 4.78 is 4.99. The van der Waals surface area contributed by atoms with E-state index in [0.717, 1.165) is 11.3 Å². The summed E-state index contributed by atoms with van der Waals surface area (Å²) in [7, 11) is 1.58. The molecule has 82 valence electrons. The molecule has 15 heavy (non-hydrogen) atoms. The van der Waals surface area contributed by atoms with Crippen LogP contribution in [-0.2, 0) is 11.2 Å². The molecule has 4 N–H and O–H groups in total. The minimum atomic E-state index is -0.965. The van der Waals surface area contributed by atoms with Gasteiger partial charge in [0.2, 0.25) is 0 Å². The van der Waals surface area contributed by atoms with Crippen LogP contribution in [0.4, 0.5) is 0 Å². The number of rotatable bonds is 5. The van der Waals surface area contributed by atoms with Crippen LogP contribution < -0.4 is 16.0 Å². The fourth-order valence-corrected chi connectivity index (χ4v) is 1.21. The molecule has 0 saturated carbocycles. The van der Waals surface area contributed by atoms with Crippen LogP contribution in [0.1, 0.15) is 5.56 Å². The van der Waals surface area contributed by atoms with E-state index >= 15 is 0 Å². The molecule has 1 aromatic carbocycles. The Balaban J connectivity index is 2.67. The van der Waals surface area contributed by atoms with Crippen molar-refractivity contribution in [1.29, 1.82) is 0 Å². The predicted molar refractivity (Wildman–Crippen MR) is 55.4 cm³/mol. The fourth-order valence-electron chi connectivity index (χ4n) is 1.21. The number of hydrazine groups is 1. The van der Waals surface area contributed by atoms with Gasteiger partial charge in [0.25, 0.3) is 0 Å². The van der Waals surface area contributed by atoms with Crippen molar-refractivity contribution in [2.75, 3.05) is 7.11 Å². The van der Waals surface area contributed by atoms with Crippen molar-refractivity contribution < 1.29 is 14.6 Å². The average Bonchev–Trinajstić information content (AvgIpc) is 2.26. The molecule has 0 aliphatic carbocycles. The normalized spacial score (nSPS) is 12.1. The zero-order valence-electron chi connectivity index (χ0n) is 8.43. The van der Waals surface area contributed by atoms with Crippen LogP contribution in [0, 0.1) is 0 Å². The van der Waals surface area contributed by atoms with Gasteiger partial charge in [-0.05, 0) is 24.1 Å². The van der Waals surface area contributed by atoms with Crippen LogP contribution in [0.2, 0.25) is 0 Å². The second kappa shape index (κ2) is 5.33. The maximum atomic E-state index is 10.7. The van der Waals surface area contributed by atoms with E-state index < -0.39 is 12.0 Å². The Morgan fingerprint density at radius 1 is 1.53 bits per heavy atom. The Kier molecular flexibility index (Phi) is 4.08. The topological polar surface area (TPSA) is 84.6 Å². The Hall–Kier alpha value is -1.59. The molecular formula is C10H14N2O3. The minimum Gasteiger partial charge on any atom is -0.497 e. The number of hydrogen-bond donors (Lipinski definition) is 3. The number of nitrogens with two attached hydrogens (primary N) is 1. The number of hydrogen-bond acceptors (Lipinski definition) is 4. The highest BCUT2D eigenvalue weighted by Gasteiger charge is 2.15. The van der Waals surface area contributed by atoms with E-state index in [1.165, 1.54) is 0 Å². The van der Waals surface area contributed by atoms with Crippen molar-refractivity contribution in [2.45, 2.75) is 12.5 Å². The van der Waals surface area contributed by atoms with E-state index in [0.29, 0.717) is 6.42 Å². The van der Waals surface area contributed by atoms with Crippen LogP contribution in [0.15, 0.2) is 24.3 Å². The summed E-state index contributed by atoms with van der Waals surface area (Å²) in [6.45, 7) is 0. The first kappa shape index (κ1) is 11.5. The third kappa shape index (κ3) is 3.23. The second-order valence-corrected chi connectivity index (χ2v) is 3.11. The lowest BCUT2D eigenvalue weighted by Crippen LogP contribution is -2.42. The van der Waals surface area contributed by atoms with Crippen LogP contribution in [-0.4, -0.2) is 24.2 Å². The first-order valence-corrected chi connectivity index (χ1v) is 4.49. The highest BCUT2D eigenvalue weighted by molar-refractivity contribution is 5.73. The molecule has 1 atom stereocenters. The van der Waals surface area contributed by atoms with Crippen molar-refractivity contribution in [3.8, 4) is 5.75 Å². The number of nitrogens with one attached hydrogen (secondary N) is 1.